The lowest BCUT2D eigenvalue weighted by Crippen LogP contribution is -2.38. The van der Waals surface area contributed by atoms with Gasteiger partial charge in [0.05, 0.1) is 13.1 Å². The van der Waals surface area contributed by atoms with Gasteiger partial charge in [-0.05, 0) is 25.0 Å². The lowest BCUT2D eigenvalue weighted by Gasteiger charge is -2.13. The summed E-state index contributed by atoms with van der Waals surface area (Å²) in [6.45, 7) is 6.53. The molecule has 0 saturated heterocycles. The maximum absolute atomic E-state index is 4.23. The standard InChI is InChI=1S/C13H18N4/c1-9(2)10(3)14-13-16-15-11-7-5-6-8-12(11)17(13)4/h5-10H,1-4H3/p+1. The SMILES string of the molecule is CC(C)C(C)Nc1nnc2ccccc2[n+]1C. The highest BCUT2D eigenvalue weighted by molar-refractivity contribution is 5.70. The summed E-state index contributed by atoms with van der Waals surface area (Å²) >= 11 is 0. The summed E-state index contributed by atoms with van der Waals surface area (Å²) in [6.07, 6.45) is 0. The van der Waals surface area contributed by atoms with Crippen molar-refractivity contribution in [2.45, 2.75) is 26.8 Å². The van der Waals surface area contributed by atoms with Crippen molar-refractivity contribution in [2.24, 2.45) is 13.0 Å². The molecule has 0 aliphatic rings. The van der Waals surface area contributed by atoms with Gasteiger partial charge in [0.15, 0.2) is 0 Å². The molecule has 4 heteroatoms. The second-order valence-corrected chi connectivity index (χ2v) is 4.75. The molecule has 2 rings (SSSR count). The summed E-state index contributed by atoms with van der Waals surface area (Å²) in [5.41, 5.74) is 2.00. The number of aromatic nitrogens is 3. The van der Waals surface area contributed by atoms with Gasteiger partial charge in [-0.15, -0.1) is 0 Å². The Morgan fingerprint density at radius 1 is 1.12 bits per heavy atom. The van der Waals surface area contributed by atoms with Gasteiger partial charge in [0.2, 0.25) is 0 Å². The van der Waals surface area contributed by atoms with E-state index < -0.39 is 0 Å². The van der Waals surface area contributed by atoms with Gasteiger partial charge in [0.25, 0.3) is 0 Å². The number of nitrogens with one attached hydrogen (secondary N) is 1. The van der Waals surface area contributed by atoms with Crippen LogP contribution in [-0.2, 0) is 7.05 Å². The molecular weight excluding hydrogens is 212 g/mol. The predicted molar refractivity (Wildman–Crippen MR) is 68.6 cm³/mol. The van der Waals surface area contributed by atoms with Crippen molar-refractivity contribution in [3.8, 4) is 0 Å². The number of anilines is 1. The molecule has 1 unspecified atom stereocenters. The molecule has 0 spiro atoms. The van der Waals surface area contributed by atoms with E-state index in [1.807, 2.05) is 29.8 Å². The van der Waals surface area contributed by atoms with Gasteiger partial charge in [-0.3, -0.25) is 5.32 Å². The van der Waals surface area contributed by atoms with Gasteiger partial charge in [0, 0.05) is 5.10 Å². The van der Waals surface area contributed by atoms with Gasteiger partial charge in [0.1, 0.15) is 11.0 Å². The van der Waals surface area contributed by atoms with E-state index in [0.29, 0.717) is 12.0 Å². The van der Waals surface area contributed by atoms with Crippen LogP contribution in [0.15, 0.2) is 24.3 Å². The van der Waals surface area contributed by atoms with Gasteiger partial charge in [-0.25, -0.2) is 4.57 Å². The van der Waals surface area contributed by atoms with Crippen molar-refractivity contribution in [1.82, 2.24) is 10.2 Å². The molecule has 0 saturated carbocycles. The Hall–Kier alpha value is -1.71. The molecular formula is C13H19N4+. The number of aryl methyl sites for hydroxylation is 1. The average molecular weight is 231 g/mol. The highest BCUT2D eigenvalue weighted by Gasteiger charge is 2.18. The molecule has 0 bridgehead atoms. The number of fused-ring (bicyclic) bond motifs is 1. The second kappa shape index (κ2) is 4.65. The van der Waals surface area contributed by atoms with Crippen LogP contribution in [0.1, 0.15) is 20.8 Å². The van der Waals surface area contributed by atoms with E-state index in [1.54, 1.807) is 0 Å². The van der Waals surface area contributed by atoms with Gasteiger partial charge >= 0.3 is 5.95 Å². The Morgan fingerprint density at radius 2 is 1.82 bits per heavy atom. The van der Waals surface area contributed by atoms with E-state index >= 15 is 0 Å². The number of hydrogen-bond donors (Lipinski definition) is 1. The molecule has 1 aromatic carbocycles. The van der Waals surface area contributed by atoms with E-state index in [-0.39, 0.29) is 0 Å². The number of nitrogens with zero attached hydrogens (tertiary/aromatic N) is 3. The van der Waals surface area contributed by atoms with Crippen molar-refractivity contribution in [2.75, 3.05) is 5.32 Å². The predicted octanol–water partition coefficient (Wildman–Crippen LogP) is 1.91. The molecule has 0 aliphatic heterocycles. The minimum Gasteiger partial charge on any atom is -0.270 e. The fourth-order valence-electron chi connectivity index (χ4n) is 1.61. The topological polar surface area (TPSA) is 41.7 Å². The summed E-state index contributed by atoms with van der Waals surface area (Å²) < 4.78 is 2.04. The molecule has 0 radical (unpaired) electrons. The molecule has 0 aliphatic carbocycles. The zero-order valence-corrected chi connectivity index (χ0v) is 10.8. The number of benzene rings is 1. The van der Waals surface area contributed by atoms with Crippen LogP contribution in [0.3, 0.4) is 0 Å². The Bertz CT molecular complexity index is 522. The fourth-order valence-corrected chi connectivity index (χ4v) is 1.61. The third kappa shape index (κ3) is 2.35. The quantitative estimate of drug-likeness (QED) is 0.820. The zero-order chi connectivity index (χ0) is 12.4. The third-order valence-electron chi connectivity index (χ3n) is 3.17. The minimum absolute atomic E-state index is 0.372. The lowest BCUT2D eigenvalue weighted by molar-refractivity contribution is -0.633. The van der Waals surface area contributed by atoms with E-state index in [0.717, 1.165) is 17.0 Å². The number of para-hydroxylation sites is 1. The monoisotopic (exact) mass is 231 g/mol. The van der Waals surface area contributed by atoms with Crippen molar-refractivity contribution < 1.29 is 4.57 Å². The molecule has 90 valence electrons. The van der Waals surface area contributed by atoms with Crippen LogP contribution in [-0.4, -0.2) is 16.2 Å². The van der Waals surface area contributed by atoms with Gasteiger partial charge in [-0.1, -0.05) is 31.1 Å². The van der Waals surface area contributed by atoms with Crippen LogP contribution in [0.4, 0.5) is 5.95 Å². The first kappa shape index (κ1) is 11.8. The van der Waals surface area contributed by atoms with E-state index in [9.17, 15) is 0 Å². The van der Waals surface area contributed by atoms with Crippen LogP contribution in [0.5, 0.6) is 0 Å². The lowest BCUT2D eigenvalue weighted by atomic mass is 10.1. The molecule has 0 fully saturated rings. The van der Waals surface area contributed by atoms with Crippen molar-refractivity contribution in [3.05, 3.63) is 24.3 Å². The highest BCUT2D eigenvalue weighted by atomic mass is 15.3. The zero-order valence-electron chi connectivity index (χ0n) is 10.8. The Balaban J connectivity index is 2.39. The van der Waals surface area contributed by atoms with Gasteiger partial charge in [-0.2, -0.15) is 0 Å². The molecule has 1 aromatic heterocycles. The summed E-state index contributed by atoms with van der Waals surface area (Å²) in [5, 5.41) is 11.8. The summed E-state index contributed by atoms with van der Waals surface area (Å²) in [6, 6.07) is 8.38. The normalized spacial score (nSPS) is 13.0. The van der Waals surface area contributed by atoms with E-state index in [2.05, 4.69) is 42.4 Å². The van der Waals surface area contributed by atoms with Crippen molar-refractivity contribution in [1.29, 1.82) is 0 Å². The smallest absolute Gasteiger partial charge is 0.270 e. The number of hydrogen-bond acceptors (Lipinski definition) is 3. The first-order valence-corrected chi connectivity index (χ1v) is 5.97. The van der Waals surface area contributed by atoms with Crippen LogP contribution in [0, 0.1) is 5.92 Å². The van der Waals surface area contributed by atoms with Crippen molar-refractivity contribution >= 4 is 17.0 Å². The molecule has 0 amide bonds. The van der Waals surface area contributed by atoms with Crippen molar-refractivity contribution in [3.63, 3.8) is 0 Å². The average Bonchev–Trinajstić information content (AvgIpc) is 2.33. The summed E-state index contributed by atoms with van der Waals surface area (Å²) in [7, 11) is 2.01. The van der Waals surface area contributed by atoms with E-state index in [4.69, 9.17) is 0 Å². The largest absolute Gasteiger partial charge is 0.415 e. The molecule has 17 heavy (non-hydrogen) atoms. The molecule has 2 aromatic rings. The Labute approximate surface area is 102 Å². The van der Waals surface area contributed by atoms with E-state index in [1.165, 1.54) is 0 Å². The third-order valence-corrected chi connectivity index (χ3v) is 3.17. The van der Waals surface area contributed by atoms with Crippen LogP contribution in [0.25, 0.3) is 11.0 Å². The first-order chi connectivity index (χ1) is 8.09. The second-order valence-electron chi connectivity index (χ2n) is 4.75. The van der Waals surface area contributed by atoms with Gasteiger partial charge < -0.3 is 0 Å². The van der Waals surface area contributed by atoms with Crippen LogP contribution in [0.2, 0.25) is 0 Å². The maximum atomic E-state index is 4.23. The fraction of sp³-hybridized carbons (Fsp3) is 0.462. The summed E-state index contributed by atoms with van der Waals surface area (Å²) in [5.74, 6) is 1.37. The van der Waals surface area contributed by atoms with Crippen LogP contribution >= 0.6 is 0 Å². The van der Waals surface area contributed by atoms with Crippen LogP contribution < -0.4 is 9.88 Å². The maximum Gasteiger partial charge on any atom is 0.415 e. The Kier molecular flexibility index (Phi) is 3.22. The molecule has 1 atom stereocenters. The molecule has 1 N–H and O–H groups in total. The molecule has 4 nitrogen and oxygen atoms in total. The minimum atomic E-state index is 0.372. The number of rotatable bonds is 3. The first-order valence-electron chi connectivity index (χ1n) is 5.97. The highest BCUT2D eigenvalue weighted by Crippen LogP contribution is 2.09. The summed E-state index contributed by atoms with van der Waals surface area (Å²) in [4.78, 5) is 0. The molecule has 1 heterocycles. The Morgan fingerprint density at radius 3 is 2.53 bits per heavy atom.